The molecule has 0 atom stereocenters. The van der Waals surface area contributed by atoms with Crippen LogP contribution in [-0.4, -0.2) is 29.4 Å². The Hall–Kier alpha value is -3.12. The van der Waals surface area contributed by atoms with Gasteiger partial charge >= 0.3 is 5.97 Å². The highest BCUT2D eigenvalue weighted by molar-refractivity contribution is 6.07. The number of ether oxygens (including phenoxy) is 2. The molecular weight excluding hydrogens is 404 g/mol. The molecule has 2 aromatic carbocycles. The summed E-state index contributed by atoms with van der Waals surface area (Å²) in [4.78, 5) is 11.1. The van der Waals surface area contributed by atoms with E-state index in [1.54, 1.807) is 0 Å². The first-order chi connectivity index (χ1) is 15.8. The monoisotopic (exact) mass is 436 g/mol. The van der Waals surface area contributed by atoms with Crippen molar-refractivity contribution in [3.8, 4) is 0 Å². The van der Waals surface area contributed by atoms with Crippen molar-refractivity contribution in [3.05, 3.63) is 66.1 Å². The number of unbranched alkanes of at least 4 members (excludes halogenated alkanes) is 1. The zero-order valence-electron chi connectivity index (χ0n) is 19.2. The minimum Gasteiger partial charge on any atom is -0.469 e. The van der Waals surface area contributed by atoms with Crippen LogP contribution in [0.25, 0.3) is 21.8 Å². The molecule has 0 radical (unpaired) electrons. The van der Waals surface area contributed by atoms with E-state index < -0.39 is 0 Å². The summed E-state index contributed by atoms with van der Waals surface area (Å²) in [6.45, 7) is 5.59. The number of methoxy groups -OCH3 is 1. The fourth-order valence-electron chi connectivity index (χ4n) is 3.79. The highest BCUT2D eigenvalue weighted by Gasteiger charge is 2.10. The summed E-state index contributed by atoms with van der Waals surface area (Å²) < 4.78 is 17.7. The van der Waals surface area contributed by atoms with Crippen LogP contribution in [0.2, 0.25) is 0 Å². The molecule has 0 saturated carbocycles. The molecule has 0 unspecified atom stereocenters. The van der Waals surface area contributed by atoms with Crippen molar-refractivity contribution >= 4 is 27.8 Å². The average Bonchev–Trinajstić information content (AvgIpc) is 3.43. The van der Waals surface area contributed by atoms with Crippen LogP contribution in [0.3, 0.4) is 0 Å². The largest absolute Gasteiger partial charge is 0.469 e. The number of rotatable bonds is 10. The lowest BCUT2D eigenvalue weighted by atomic mass is 10.2. The Labute approximate surface area is 189 Å². The molecule has 2 heterocycles. The van der Waals surface area contributed by atoms with Crippen LogP contribution in [0.4, 0.5) is 0 Å². The van der Waals surface area contributed by atoms with E-state index in [1.165, 1.54) is 28.9 Å². The molecule has 0 bridgehead atoms. The van der Waals surface area contributed by atoms with Crippen molar-refractivity contribution in [1.82, 2.24) is 9.72 Å². The second-order valence-corrected chi connectivity index (χ2v) is 7.31. The molecule has 170 valence electrons. The smallest absolute Gasteiger partial charge is 0.307 e. The topological polar surface area (TPSA) is 66.5 Å². The van der Waals surface area contributed by atoms with Crippen LogP contribution in [0.1, 0.15) is 44.6 Å². The molecule has 32 heavy (non-hydrogen) atoms. The zero-order valence-corrected chi connectivity index (χ0v) is 19.2. The summed E-state index contributed by atoms with van der Waals surface area (Å²) in [5.74, 6) is 0.397. The van der Waals surface area contributed by atoms with E-state index in [4.69, 9.17) is 9.26 Å². The fourth-order valence-corrected chi connectivity index (χ4v) is 3.79. The molecule has 4 aromatic rings. The molecule has 0 aliphatic rings. The summed E-state index contributed by atoms with van der Waals surface area (Å²) in [6, 6.07) is 19.1. The number of esters is 1. The Kier molecular flexibility index (Phi) is 8.87. The number of hydrogen-bond acceptors (Lipinski definition) is 5. The normalized spacial score (nSPS) is 10.8. The predicted molar refractivity (Wildman–Crippen MR) is 127 cm³/mol. The second-order valence-electron chi connectivity index (χ2n) is 7.31. The first kappa shape index (κ1) is 23.5. The molecule has 0 fully saturated rings. The van der Waals surface area contributed by atoms with Gasteiger partial charge in [0.05, 0.1) is 25.8 Å². The highest BCUT2D eigenvalue weighted by Crippen LogP contribution is 2.29. The van der Waals surface area contributed by atoms with Crippen molar-refractivity contribution in [2.24, 2.45) is 0 Å². The van der Waals surface area contributed by atoms with Crippen LogP contribution < -0.4 is 0 Å². The minimum atomic E-state index is -0.281. The lowest BCUT2D eigenvalue weighted by Gasteiger charge is -2.07. The van der Waals surface area contributed by atoms with Gasteiger partial charge in [-0.1, -0.05) is 55.4 Å². The first-order valence-electron chi connectivity index (χ1n) is 11.3. The molecular formula is C26H32N2O4. The Balaban J connectivity index is 0.00000141. The van der Waals surface area contributed by atoms with Crippen LogP contribution in [0.5, 0.6) is 0 Å². The third-order valence-electron chi connectivity index (χ3n) is 5.27. The maximum atomic E-state index is 11.1. The minimum absolute atomic E-state index is 0.236. The van der Waals surface area contributed by atoms with E-state index in [9.17, 15) is 4.79 Å². The quantitative estimate of drug-likeness (QED) is 0.228. The lowest BCUT2D eigenvalue weighted by Crippen LogP contribution is -2.05. The first-order valence-corrected chi connectivity index (χ1v) is 11.3. The number of para-hydroxylation sites is 2. The van der Waals surface area contributed by atoms with E-state index in [1.807, 2.05) is 19.9 Å². The average molecular weight is 437 g/mol. The van der Waals surface area contributed by atoms with Gasteiger partial charge in [-0.05, 0) is 31.4 Å². The third kappa shape index (κ3) is 5.77. The fraction of sp³-hybridized carbons (Fsp3) is 0.385. The Morgan fingerprint density at radius 3 is 2.31 bits per heavy atom. The lowest BCUT2D eigenvalue weighted by molar-refractivity contribution is -0.142. The summed E-state index contributed by atoms with van der Waals surface area (Å²) in [5, 5.41) is 6.74. The van der Waals surface area contributed by atoms with E-state index in [0.29, 0.717) is 19.0 Å². The van der Waals surface area contributed by atoms with Gasteiger partial charge in [-0.2, -0.15) is 0 Å². The maximum absolute atomic E-state index is 11.1. The Morgan fingerprint density at radius 2 is 1.66 bits per heavy atom. The van der Waals surface area contributed by atoms with Crippen molar-refractivity contribution in [2.45, 2.75) is 52.7 Å². The number of benzene rings is 2. The van der Waals surface area contributed by atoms with E-state index >= 15 is 0 Å². The molecule has 0 saturated heterocycles. The molecule has 0 N–H and O–H groups in total. The standard InChI is InChI=1S/C24H26N2O4.C2H6/c1-28-24(27)13-15-29-17-19-16-18(25-30-19)8-6-7-14-26-22-11-4-2-9-20(22)21-10-3-5-12-23(21)26;1-2/h2-5,9-12,16H,6-8,13-15,17H2,1H3;1-2H3. The van der Waals surface area contributed by atoms with Crippen molar-refractivity contribution < 1.29 is 18.8 Å². The predicted octanol–water partition coefficient (Wildman–Crippen LogP) is 5.91. The number of carbonyl (C=O) groups is 1. The van der Waals surface area contributed by atoms with Crippen molar-refractivity contribution in [2.75, 3.05) is 13.7 Å². The number of carbonyl (C=O) groups excluding carboxylic acids is 1. The van der Waals surface area contributed by atoms with E-state index in [-0.39, 0.29) is 12.4 Å². The van der Waals surface area contributed by atoms with Crippen molar-refractivity contribution in [1.29, 1.82) is 0 Å². The molecule has 0 aliphatic carbocycles. The SMILES string of the molecule is CC.COC(=O)CCOCc1cc(CCCCn2c3ccccc3c3ccccc32)no1. The summed E-state index contributed by atoms with van der Waals surface area (Å²) >= 11 is 0. The second kappa shape index (κ2) is 12.1. The van der Waals surface area contributed by atoms with Crippen molar-refractivity contribution in [3.63, 3.8) is 0 Å². The third-order valence-corrected chi connectivity index (χ3v) is 5.27. The Morgan fingerprint density at radius 1 is 1.00 bits per heavy atom. The highest BCUT2D eigenvalue weighted by atomic mass is 16.5. The molecule has 4 rings (SSSR count). The van der Waals surface area contributed by atoms with Gasteiger partial charge in [-0.3, -0.25) is 4.79 Å². The van der Waals surface area contributed by atoms with Gasteiger partial charge in [0, 0.05) is 34.4 Å². The molecule has 2 aromatic heterocycles. The summed E-state index contributed by atoms with van der Waals surface area (Å²) in [6.07, 6.45) is 3.18. The number of nitrogens with zero attached hydrogens (tertiary/aromatic N) is 2. The van der Waals surface area contributed by atoms with Gasteiger partial charge in [0.25, 0.3) is 0 Å². The van der Waals surface area contributed by atoms with Gasteiger partial charge in [-0.25, -0.2) is 0 Å². The number of fused-ring (bicyclic) bond motifs is 3. The summed E-state index contributed by atoms with van der Waals surface area (Å²) in [7, 11) is 1.37. The molecule has 0 spiro atoms. The maximum Gasteiger partial charge on any atom is 0.307 e. The molecule has 0 aliphatic heterocycles. The van der Waals surface area contributed by atoms with Gasteiger partial charge in [0.2, 0.25) is 0 Å². The van der Waals surface area contributed by atoms with Gasteiger partial charge < -0.3 is 18.6 Å². The zero-order chi connectivity index (χ0) is 22.8. The van der Waals surface area contributed by atoms with E-state index in [2.05, 4.69) is 63.0 Å². The van der Waals surface area contributed by atoms with E-state index in [0.717, 1.165) is 31.5 Å². The van der Waals surface area contributed by atoms with Crippen LogP contribution in [0.15, 0.2) is 59.1 Å². The van der Waals surface area contributed by atoms with Gasteiger partial charge in [0.1, 0.15) is 6.61 Å². The van der Waals surface area contributed by atoms with Gasteiger partial charge in [0.15, 0.2) is 5.76 Å². The molecule has 0 amide bonds. The van der Waals surface area contributed by atoms with Gasteiger partial charge in [-0.15, -0.1) is 0 Å². The number of aryl methyl sites for hydroxylation is 2. The molecule has 6 nitrogen and oxygen atoms in total. The number of hydrogen-bond donors (Lipinski definition) is 0. The number of aromatic nitrogens is 2. The van der Waals surface area contributed by atoms with Crippen LogP contribution in [0, 0.1) is 0 Å². The van der Waals surface area contributed by atoms with Crippen LogP contribution >= 0.6 is 0 Å². The summed E-state index contributed by atoms with van der Waals surface area (Å²) in [5.41, 5.74) is 3.50. The van der Waals surface area contributed by atoms with Crippen LogP contribution in [-0.2, 0) is 33.8 Å². The Bertz CT molecular complexity index is 1080. The molecule has 6 heteroatoms.